The van der Waals surface area contributed by atoms with Crippen LogP contribution in [0.1, 0.15) is 33.1 Å². The van der Waals surface area contributed by atoms with Gasteiger partial charge < -0.3 is 5.73 Å². The van der Waals surface area contributed by atoms with Gasteiger partial charge in [0.2, 0.25) is 5.91 Å². The van der Waals surface area contributed by atoms with E-state index >= 15 is 0 Å². The fourth-order valence-corrected chi connectivity index (χ4v) is 1.89. The maximum atomic E-state index is 11.3. The van der Waals surface area contributed by atoms with Gasteiger partial charge in [-0.1, -0.05) is 19.4 Å². The summed E-state index contributed by atoms with van der Waals surface area (Å²) in [5.74, 6) is -0.260. The van der Waals surface area contributed by atoms with E-state index in [2.05, 4.69) is 0 Å². The fourth-order valence-electron chi connectivity index (χ4n) is 1.89. The lowest BCUT2D eigenvalue weighted by Gasteiger charge is -2.29. The van der Waals surface area contributed by atoms with Crippen molar-refractivity contribution in [2.24, 2.45) is 11.1 Å². The maximum absolute atomic E-state index is 11.3. The van der Waals surface area contributed by atoms with E-state index in [1.807, 2.05) is 13.8 Å². The molecule has 3 nitrogen and oxygen atoms in total. The average molecular weight is 181 g/mol. The Morgan fingerprint density at radius 3 is 2.54 bits per heavy atom. The molecule has 1 saturated carbocycles. The number of nitrogens with two attached hydrogens (primary N) is 1. The second-order valence-electron chi connectivity index (χ2n) is 4.44. The van der Waals surface area contributed by atoms with E-state index in [1.165, 1.54) is 6.08 Å². The topological polar surface area (TPSA) is 60.2 Å². The van der Waals surface area contributed by atoms with Crippen LogP contribution in [0.4, 0.5) is 0 Å². The Morgan fingerprint density at radius 1 is 1.46 bits per heavy atom. The van der Waals surface area contributed by atoms with E-state index in [9.17, 15) is 9.59 Å². The number of carbonyl (C=O) groups excluding carboxylic acids is 2. The molecule has 1 amide bonds. The minimum Gasteiger partial charge on any atom is -0.366 e. The molecule has 1 fully saturated rings. The zero-order valence-electron chi connectivity index (χ0n) is 8.09. The van der Waals surface area contributed by atoms with Crippen LogP contribution in [0.25, 0.3) is 0 Å². The lowest BCUT2D eigenvalue weighted by Crippen LogP contribution is -2.25. The lowest BCUT2D eigenvalue weighted by molar-refractivity contribution is -0.121. The Labute approximate surface area is 78.0 Å². The molecule has 0 unspecified atom stereocenters. The summed E-state index contributed by atoms with van der Waals surface area (Å²) < 4.78 is 0. The largest absolute Gasteiger partial charge is 0.366 e. The van der Waals surface area contributed by atoms with Gasteiger partial charge in [0, 0.05) is 18.9 Å². The number of Topliss-reactive ketones (excluding diaryl/α,β-unsaturated/α-hetero) is 1. The van der Waals surface area contributed by atoms with E-state index in [0.29, 0.717) is 12.8 Å². The summed E-state index contributed by atoms with van der Waals surface area (Å²) in [7, 11) is 0. The average Bonchev–Trinajstić information content (AvgIpc) is 1.78. The summed E-state index contributed by atoms with van der Waals surface area (Å²) in [6, 6.07) is 0. The molecule has 0 saturated heterocycles. The third kappa shape index (κ3) is 3.01. The van der Waals surface area contributed by atoms with Crippen molar-refractivity contribution < 1.29 is 9.59 Å². The van der Waals surface area contributed by atoms with Crippen molar-refractivity contribution in [3.05, 3.63) is 11.6 Å². The van der Waals surface area contributed by atoms with Crippen molar-refractivity contribution in [3.63, 3.8) is 0 Å². The van der Waals surface area contributed by atoms with Crippen LogP contribution in [0, 0.1) is 5.41 Å². The Morgan fingerprint density at radius 2 is 2.08 bits per heavy atom. The van der Waals surface area contributed by atoms with Crippen LogP contribution < -0.4 is 5.73 Å². The van der Waals surface area contributed by atoms with E-state index in [0.717, 1.165) is 12.0 Å². The second-order valence-corrected chi connectivity index (χ2v) is 4.44. The maximum Gasteiger partial charge on any atom is 0.241 e. The number of rotatable bonds is 1. The highest BCUT2D eigenvalue weighted by Crippen LogP contribution is 2.36. The third-order valence-electron chi connectivity index (χ3n) is 2.15. The number of ketones is 1. The van der Waals surface area contributed by atoms with Gasteiger partial charge in [0.1, 0.15) is 5.78 Å². The molecule has 0 radical (unpaired) electrons. The summed E-state index contributed by atoms with van der Waals surface area (Å²) in [5.41, 5.74) is 5.88. The normalized spacial score (nSPS) is 24.8. The summed E-state index contributed by atoms with van der Waals surface area (Å²) in [5, 5.41) is 0. The molecule has 0 aliphatic heterocycles. The Hall–Kier alpha value is -1.12. The molecule has 2 N–H and O–H groups in total. The summed E-state index contributed by atoms with van der Waals surface area (Å²) >= 11 is 0. The van der Waals surface area contributed by atoms with Crippen molar-refractivity contribution in [1.82, 2.24) is 0 Å². The van der Waals surface area contributed by atoms with Gasteiger partial charge in [-0.2, -0.15) is 0 Å². The van der Waals surface area contributed by atoms with Crippen LogP contribution in [0.5, 0.6) is 0 Å². The predicted octanol–water partition coefficient (Wildman–Crippen LogP) is 1.18. The summed E-state index contributed by atoms with van der Waals surface area (Å²) in [6.07, 6.45) is 3.18. The Bertz CT molecular complexity index is 277. The third-order valence-corrected chi connectivity index (χ3v) is 2.15. The molecule has 0 atom stereocenters. The lowest BCUT2D eigenvalue weighted by atomic mass is 9.74. The number of amides is 1. The van der Waals surface area contributed by atoms with Crippen molar-refractivity contribution >= 4 is 11.7 Å². The highest BCUT2D eigenvalue weighted by molar-refractivity contribution is 5.89. The highest BCUT2D eigenvalue weighted by atomic mass is 16.1. The van der Waals surface area contributed by atoms with Crippen LogP contribution in [0.3, 0.4) is 0 Å². The SMILES string of the molecule is CC1(C)CC(=O)C/C(=C\C(N)=O)C1. The monoisotopic (exact) mass is 181 g/mol. The predicted molar refractivity (Wildman–Crippen MR) is 49.9 cm³/mol. The van der Waals surface area contributed by atoms with Gasteiger partial charge in [0.05, 0.1) is 0 Å². The minimum absolute atomic E-state index is 0.0172. The van der Waals surface area contributed by atoms with Gasteiger partial charge in [-0.3, -0.25) is 9.59 Å². The minimum atomic E-state index is -0.458. The van der Waals surface area contributed by atoms with Crippen LogP contribution in [-0.2, 0) is 9.59 Å². The molecule has 0 aromatic carbocycles. The Kier molecular flexibility index (Phi) is 2.55. The number of allylic oxidation sites excluding steroid dienone is 1. The van der Waals surface area contributed by atoms with Gasteiger partial charge in [0.25, 0.3) is 0 Å². The molecule has 1 aliphatic carbocycles. The first kappa shape index (κ1) is 9.96. The smallest absolute Gasteiger partial charge is 0.241 e. The van der Waals surface area contributed by atoms with E-state index in [1.54, 1.807) is 0 Å². The second kappa shape index (κ2) is 3.32. The first-order valence-corrected chi connectivity index (χ1v) is 4.40. The van der Waals surface area contributed by atoms with Gasteiger partial charge >= 0.3 is 0 Å². The van der Waals surface area contributed by atoms with E-state index < -0.39 is 5.91 Å². The quantitative estimate of drug-likeness (QED) is 0.617. The number of hydrogen-bond donors (Lipinski definition) is 1. The van der Waals surface area contributed by atoms with E-state index in [-0.39, 0.29) is 11.2 Å². The molecule has 72 valence electrons. The standard InChI is InChI=1S/C10H15NO2/c1-10(2)5-7(4-9(11)13)3-8(12)6-10/h4H,3,5-6H2,1-2H3,(H2,11,13)/b7-4+. The van der Waals surface area contributed by atoms with Crippen LogP contribution >= 0.6 is 0 Å². The molecule has 0 heterocycles. The van der Waals surface area contributed by atoms with Crippen molar-refractivity contribution in [3.8, 4) is 0 Å². The van der Waals surface area contributed by atoms with Gasteiger partial charge in [0.15, 0.2) is 0 Å². The fraction of sp³-hybridized carbons (Fsp3) is 0.600. The first-order chi connectivity index (χ1) is 5.89. The first-order valence-electron chi connectivity index (χ1n) is 4.40. The van der Waals surface area contributed by atoms with Crippen molar-refractivity contribution in [1.29, 1.82) is 0 Å². The molecule has 13 heavy (non-hydrogen) atoms. The summed E-state index contributed by atoms with van der Waals surface area (Å²) in [6.45, 7) is 4.05. The van der Waals surface area contributed by atoms with Gasteiger partial charge in [-0.25, -0.2) is 0 Å². The van der Waals surface area contributed by atoms with Crippen molar-refractivity contribution in [2.75, 3.05) is 0 Å². The number of primary amides is 1. The molecule has 1 aliphatic rings. The van der Waals surface area contributed by atoms with Gasteiger partial charge in [-0.15, -0.1) is 0 Å². The molecule has 0 aromatic rings. The molecule has 3 heteroatoms. The molecule has 0 spiro atoms. The number of carbonyl (C=O) groups is 2. The van der Waals surface area contributed by atoms with Crippen molar-refractivity contribution in [2.45, 2.75) is 33.1 Å². The molecule has 0 bridgehead atoms. The van der Waals surface area contributed by atoms with E-state index in [4.69, 9.17) is 5.73 Å². The Balaban J connectivity index is 2.80. The highest BCUT2D eigenvalue weighted by Gasteiger charge is 2.29. The molecular weight excluding hydrogens is 166 g/mol. The van der Waals surface area contributed by atoms with Crippen LogP contribution in [0.2, 0.25) is 0 Å². The molecule has 1 rings (SSSR count). The molecule has 0 aromatic heterocycles. The molecular formula is C10H15NO2. The van der Waals surface area contributed by atoms with Crippen LogP contribution in [-0.4, -0.2) is 11.7 Å². The van der Waals surface area contributed by atoms with Gasteiger partial charge in [-0.05, 0) is 11.8 Å². The zero-order chi connectivity index (χ0) is 10.1. The number of hydrogen-bond acceptors (Lipinski definition) is 2. The zero-order valence-corrected chi connectivity index (χ0v) is 8.09. The van der Waals surface area contributed by atoms with Crippen LogP contribution in [0.15, 0.2) is 11.6 Å². The summed E-state index contributed by atoms with van der Waals surface area (Å²) in [4.78, 5) is 21.9.